The van der Waals surface area contributed by atoms with Crippen molar-refractivity contribution in [1.82, 2.24) is 5.32 Å². The largest absolute Gasteiger partial charge is 0.489 e. The molecule has 0 saturated carbocycles. The van der Waals surface area contributed by atoms with Gasteiger partial charge in [0.15, 0.2) is 6.61 Å². The second-order valence-electron chi connectivity index (χ2n) is 9.95. The number of hydrogen-bond donors (Lipinski definition) is 2. The van der Waals surface area contributed by atoms with E-state index in [1.807, 2.05) is 62.4 Å². The van der Waals surface area contributed by atoms with Gasteiger partial charge in [-0.25, -0.2) is 9.69 Å². The SMILES string of the molecule is Cc1ccc(NC(=O)COc2cccc(/C=C3/C(=O)NC(=O)N(c4ccc(OCc5ccccc5)cc4)C3=O)c2)c(C)c1. The third-order valence-electron chi connectivity index (χ3n) is 6.64. The zero-order chi connectivity index (χ0) is 30.3. The Hall–Kier alpha value is -5.70. The molecule has 1 aliphatic rings. The van der Waals surface area contributed by atoms with Crippen LogP contribution in [0.4, 0.5) is 16.2 Å². The molecule has 1 heterocycles. The van der Waals surface area contributed by atoms with Gasteiger partial charge in [0.25, 0.3) is 17.7 Å². The molecule has 9 heteroatoms. The average Bonchev–Trinajstić information content (AvgIpc) is 3.00. The lowest BCUT2D eigenvalue weighted by Crippen LogP contribution is -2.54. The molecule has 0 bridgehead atoms. The minimum Gasteiger partial charge on any atom is -0.489 e. The summed E-state index contributed by atoms with van der Waals surface area (Å²) in [7, 11) is 0. The van der Waals surface area contributed by atoms with E-state index in [1.165, 1.54) is 6.08 Å². The van der Waals surface area contributed by atoms with Crippen molar-refractivity contribution in [1.29, 1.82) is 0 Å². The van der Waals surface area contributed by atoms with Crippen molar-refractivity contribution in [2.75, 3.05) is 16.8 Å². The van der Waals surface area contributed by atoms with E-state index in [4.69, 9.17) is 9.47 Å². The lowest BCUT2D eigenvalue weighted by atomic mass is 10.1. The van der Waals surface area contributed by atoms with Crippen molar-refractivity contribution in [2.45, 2.75) is 20.5 Å². The zero-order valence-corrected chi connectivity index (χ0v) is 23.6. The molecule has 1 aliphatic heterocycles. The van der Waals surface area contributed by atoms with Gasteiger partial charge in [-0.2, -0.15) is 0 Å². The van der Waals surface area contributed by atoms with Gasteiger partial charge >= 0.3 is 6.03 Å². The average molecular weight is 576 g/mol. The van der Waals surface area contributed by atoms with E-state index < -0.39 is 17.8 Å². The van der Waals surface area contributed by atoms with Crippen LogP contribution in [0.15, 0.2) is 103 Å². The molecule has 5 rings (SSSR count). The van der Waals surface area contributed by atoms with Crippen LogP contribution in [0.3, 0.4) is 0 Å². The maximum Gasteiger partial charge on any atom is 0.335 e. The topological polar surface area (TPSA) is 114 Å². The Balaban J connectivity index is 1.25. The normalized spacial score (nSPS) is 14.0. The van der Waals surface area contributed by atoms with Crippen LogP contribution < -0.4 is 25.0 Å². The van der Waals surface area contributed by atoms with Crippen molar-refractivity contribution < 1.29 is 28.7 Å². The summed E-state index contributed by atoms with van der Waals surface area (Å²) < 4.78 is 11.4. The molecule has 5 amide bonds. The molecule has 4 aromatic rings. The monoisotopic (exact) mass is 575 g/mol. The molecule has 43 heavy (non-hydrogen) atoms. The lowest BCUT2D eigenvalue weighted by molar-refractivity contribution is -0.122. The summed E-state index contributed by atoms with van der Waals surface area (Å²) in [5.74, 6) is -0.987. The fourth-order valence-corrected chi connectivity index (χ4v) is 4.47. The highest BCUT2D eigenvalue weighted by atomic mass is 16.5. The number of anilines is 2. The van der Waals surface area contributed by atoms with Gasteiger partial charge in [0.1, 0.15) is 23.7 Å². The van der Waals surface area contributed by atoms with Crippen molar-refractivity contribution >= 4 is 41.2 Å². The number of carbonyl (C=O) groups is 4. The fourth-order valence-electron chi connectivity index (χ4n) is 4.47. The third kappa shape index (κ3) is 7.15. The van der Waals surface area contributed by atoms with Crippen LogP contribution in [0.1, 0.15) is 22.3 Å². The van der Waals surface area contributed by atoms with E-state index in [9.17, 15) is 19.2 Å². The maximum atomic E-state index is 13.3. The van der Waals surface area contributed by atoms with Gasteiger partial charge in [-0.3, -0.25) is 19.7 Å². The Morgan fingerprint density at radius 2 is 1.60 bits per heavy atom. The Morgan fingerprint density at radius 3 is 2.35 bits per heavy atom. The minimum absolute atomic E-state index is 0.228. The Morgan fingerprint density at radius 1 is 0.837 bits per heavy atom. The van der Waals surface area contributed by atoms with Crippen molar-refractivity contribution in [2.24, 2.45) is 0 Å². The predicted molar refractivity (Wildman–Crippen MR) is 163 cm³/mol. The molecule has 1 fully saturated rings. The molecule has 1 saturated heterocycles. The maximum absolute atomic E-state index is 13.3. The summed E-state index contributed by atoms with van der Waals surface area (Å²) in [5, 5.41) is 5.04. The van der Waals surface area contributed by atoms with E-state index in [1.54, 1.807) is 48.5 Å². The van der Waals surface area contributed by atoms with Crippen LogP contribution >= 0.6 is 0 Å². The van der Waals surface area contributed by atoms with Crippen LogP contribution in [0, 0.1) is 13.8 Å². The van der Waals surface area contributed by atoms with Crippen LogP contribution in [0.5, 0.6) is 11.5 Å². The molecule has 2 N–H and O–H groups in total. The Kier molecular flexibility index (Phi) is 8.62. The van der Waals surface area contributed by atoms with Gasteiger partial charge in [0, 0.05) is 5.69 Å². The summed E-state index contributed by atoms with van der Waals surface area (Å²) in [6, 6.07) is 27.6. The number of barbiturate groups is 1. The number of urea groups is 1. The second-order valence-corrected chi connectivity index (χ2v) is 9.95. The molecule has 0 spiro atoms. The van der Waals surface area contributed by atoms with Crippen molar-refractivity contribution in [3.63, 3.8) is 0 Å². The number of nitrogens with zero attached hydrogens (tertiary/aromatic N) is 1. The van der Waals surface area contributed by atoms with Crippen LogP contribution in [-0.4, -0.2) is 30.4 Å². The predicted octanol–water partition coefficient (Wildman–Crippen LogP) is 5.57. The van der Waals surface area contributed by atoms with Crippen molar-refractivity contribution in [3.8, 4) is 11.5 Å². The van der Waals surface area contributed by atoms with Crippen LogP contribution in [-0.2, 0) is 21.0 Å². The number of rotatable bonds is 9. The number of imide groups is 2. The first kappa shape index (κ1) is 28.8. The first-order valence-corrected chi connectivity index (χ1v) is 13.5. The number of nitrogens with one attached hydrogen (secondary N) is 2. The second kappa shape index (κ2) is 12.9. The molecule has 0 aliphatic carbocycles. The van der Waals surface area contributed by atoms with Crippen molar-refractivity contribution in [3.05, 3.63) is 125 Å². The number of ether oxygens (including phenoxy) is 2. The van der Waals surface area contributed by atoms with Gasteiger partial charge in [-0.15, -0.1) is 0 Å². The molecule has 0 radical (unpaired) electrons. The molecule has 0 unspecified atom stereocenters. The molecular formula is C34H29N3O6. The molecule has 9 nitrogen and oxygen atoms in total. The minimum atomic E-state index is -0.850. The third-order valence-corrected chi connectivity index (χ3v) is 6.64. The van der Waals surface area contributed by atoms with Gasteiger partial charge in [-0.05, 0) is 79.1 Å². The van der Waals surface area contributed by atoms with E-state index in [-0.39, 0.29) is 23.8 Å². The Bertz CT molecular complexity index is 1710. The molecule has 0 atom stereocenters. The van der Waals surface area contributed by atoms with Crippen LogP contribution in [0.2, 0.25) is 0 Å². The summed E-state index contributed by atoms with van der Waals surface area (Å²) in [6.45, 7) is 4.02. The number of hydrogen-bond acceptors (Lipinski definition) is 6. The van der Waals surface area contributed by atoms with Gasteiger partial charge < -0.3 is 14.8 Å². The molecule has 0 aromatic heterocycles. The highest BCUT2D eigenvalue weighted by molar-refractivity contribution is 6.39. The first-order chi connectivity index (χ1) is 20.8. The first-order valence-electron chi connectivity index (χ1n) is 13.5. The zero-order valence-electron chi connectivity index (χ0n) is 23.6. The number of aryl methyl sites for hydroxylation is 2. The summed E-state index contributed by atoms with van der Waals surface area (Å²) in [5.41, 5.74) is 4.27. The summed E-state index contributed by atoms with van der Waals surface area (Å²) in [6.07, 6.45) is 1.37. The highest BCUT2D eigenvalue weighted by Crippen LogP contribution is 2.25. The molecule has 216 valence electrons. The molecule has 4 aromatic carbocycles. The fraction of sp³-hybridized carbons (Fsp3) is 0.118. The smallest absolute Gasteiger partial charge is 0.335 e. The van der Waals surface area contributed by atoms with Gasteiger partial charge in [0.2, 0.25) is 0 Å². The summed E-state index contributed by atoms with van der Waals surface area (Å²) in [4.78, 5) is 51.9. The van der Waals surface area contributed by atoms with E-state index in [0.717, 1.165) is 21.6 Å². The lowest BCUT2D eigenvalue weighted by Gasteiger charge is -2.26. The van der Waals surface area contributed by atoms with E-state index in [2.05, 4.69) is 10.6 Å². The van der Waals surface area contributed by atoms with Gasteiger partial charge in [-0.1, -0.05) is 60.2 Å². The highest BCUT2D eigenvalue weighted by Gasteiger charge is 2.36. The quantitative estimate of drug-likeness (QED) is 0.199. The molecular weight excluding hydrogens is 546 g/mol. The van der Waals surface area contributed by atoms with E-state index >= 15 is 0 Å². The standard InChI is InChI=1S/C34H29N3O6/c1-22-11-16-30(23(2)17-22)35-31(38)21-43-28-10-6-9-25(18-28)19-29-32(39)36-34(41)37(33(29)40)26-12-14-27(15-13-26)42-20-24-7-4-3-5-8-24/h3-19H,20-21H2,1-2H3,(H,35,38)(H,36,39,41)/b29-19-. The van der Waals surface area contributed by atoms with Gasteiger partial charge in [0.05, 0.1) is 5.69 Å². The number of carbonyl (C=O) groups excluding carboxylic acids is 4. The number of amides is 5. The Labute approximate surface area is 248 Å². The van der Waals surface area contributed by atoms with E-state index in [0.29, 0.717) is 29.4 Å². The van der Waals surface area contributed by atoms with Crippen LogP contribution in [0.25, 0.3) is 6.08 Å². The number of benzene rings is 4. The summed E-state index contributed by atoms with van der Waals surface area (Å²) >= 11 is 0.